The van der Waals surface area contributed by atoms with Gasteiger partial charge in [0.2, 0.25) is 0 Å². The van der Waals surface area contributed by atoms with Crippen molar-refractivity contribution in [3.63, 3.8) is 0 Å². The summed E-state index contributed by atoms with van der Waals surface area (Å²) in [5.74, 6) is 0.290. The van der Waals surface area contributed by atoms with E-state index < -0.39 is 4.92 Å². The quantitative estimate of drug-likeness (QED) is 0.478. The molecule has 7 heteroatoms. The number of piperidine rings is 1. The highest BCUT2D eigenvalue weighted by atomic mass is 35.5. The summed E-state index contributed by atoms with van der Waals surface area (Å²) < 4.78 is 0. The Hall–Kier alpha value is -1.69. The Bertz CT molecular complexity index is 550. The minimum atomic E-state index is -0.582. The van der Waals surface area contributed by atoms with E-state index in [4.69, 9.17) is 11.6 Å². The van der Waals surface area contributed by atoms with E-state index >= 15 is 0 Å². The van der Waals surface area contributed by atoms with Crippen LogP contribution < -0.4 is 0 Å². The van der Waals surface area contributed by atoms with Crippen molar-refractivity contribution >= 4 is 23.2 Å². The van der Waals surface area contributed by atoms with Gasteiger partial charge in [-0.05, 0) is 25.7 Å². The summed E-state index contributed by atoms with van der Waals surface area (Å²) in [5.41, 5.74) is -0.127. The fourth-order valence-electron chi connectivity index (χ4n) is 2.55. The number of nitro groups is 1. The topological polar surface area (TPSA) is 76.3 Å². The lowest BCUT2D eigenvalue weighted by molar-refractivity contribution is -0.385. The second kappa shape index (κ2) is 5.75. The van der Waals surface area contributed by atoms with Crippen LogP contribution in [0.2, 0.25) is 5.15 Å². The molecule has 1 fully saturated rings. The largest absolute Gasteiger partial charge is 0.336 e. The molecular weight excluding hydrogens is 282 g/mol. The normalized spacial score (nSPS) is 22.6. The standard InChI is InChI=1S/C13H16ClN3O3/c1-8-3-4-16(9(2)5-8)13(18)11-6-10(17(19)20)7-15-12(11)14/h6-9H,3-5H2,1-2H3. The van der Waals surface area contributed by atoms with Crippen molar-refractivity contribution in [2.45, 2.75) is 32.7 Å². The monoisotopic (exact) mass is 297 g/mol. The van der Waals surface area contributed by atoms with Gasteiger partial charge in [-0.15, -0.1) is 0 Å². The van der Waals surface area contributed by atoms with Gasteiger partial charge in [0.1, 0.15) is 11.3 Å². The van der Waals surface area contributed by atoms with Gasteiger partial charge in [-0.3, -0.25) is 14.9 Å². The summed E-state index contributed by atoms with van der Waals surface area (Å²) in [6, 6.07) is 1.30. The van der Waals surface area contributed by atoms with Gasteiger partial charge in [0.25, 0.3) is 11.6 Å². The Balaban J connectivity index is 2.29. The van der Waals surface area contributed by atoms with Crippen molar-refractivity contribution in [3.8, 4) is 0 Å². The van der Waals surface area contributed by atoms with E-state index in [1.54, 1.807) is 4.90 Å². The molecule has 1 aromatic heterocycles. The number of amides is 1. The van der Waals surface area contributed by atoms with Crippen molar-refractivity contribution in [3.05, 3.63) is 33.1 Å². The SMILES string of the molecule is CC1CCN(C(=O)c2cc([N+](=O)[O-])cnc2Cl)C(C)C1. The van der Waals surface area contributed by atoms with Gasteiger partial charge in [0.15, 0.2) is 0 Å². The lowest BCUT2D eigenvalue weighted by atomic mass is 9.93. The summed E-state index contributed by atoms with van der Waals surface area (Å²) >= 11 is 5.91. The van der Waals surface area contributed by atoms with Crippen molar-refractivity contribution in [2.75, 3.05) is 6.54 Å². The lowest BCUT2D eigenvalue weighted by Gasteiger charge is -2.36. The van der Waals surface area contributed by atoms with Gasteiger partial charge >= 0.3 is 0 Å². The molecule has 1 aliphatic heterocycles. The highest BCUT2D eigenvalue weighted by molar-refractivity contribution is 6.32. The molecule has 1 aromatic rings. The Labute approximate surface area is 121 Å². The molecule has 1 saturated heterocycles. The molecule has 1 amide bonds. The number of hydrogen-bond donors (Lipinski definition) is 0. The molecular formula is C13H16ClN3O3. The van der Waals surface area contributed by atoms with Crippen molar-refractivity contribution in [1.29, 1.82) is 0 Å². The predicted octanol–water partition coefficient (Wildman–Crippen LogP) is 2.90. The van der Waals surface area contributed by atoms with Gasteiger partial charge in [-0.2, -0.15) is 0 Å². The third-order valence-corrected chi connectivity index (χ3v) is 3.97. The summed E-state index contributed by atoms with van der Waals surface area (Å²) in [4.78, 5) is 28.1. The van der Waals surface area contributed by atoms with Crippen LogP contribution in [0.4, 0.5) is 5.69 Å². The van der Waals surface area contributed by atoms with Crippen LogP contribution in [0.3, 0.4) is 0 Å². The average Bonchev–Trinajstić information content (AvgIpc) is 2.38. The molecule has 0 spiro atoms. The first-order chi connectivity index (χ1) is 9.40. The van der Waals surface area contributed by atoms with Gasteiger partial charge in [0, 0.05) is 18.7 Å². The van der Waals surface area contributed by atoms with Crippen LogP contribution in [-0.2, 0) is 0 Å². The third-order valence-electron chi connectivity index (χ3n) is 3.67. The van der Waals surface area contributed by atoms with Crippen LogP contribution in [0, 0.1) is 16.0 Å². The molecule has 0 N–H and O–H groups in total. The van der Waals surface area contributed by atoms with E-state index in [-0.39, 0.29) is 28.4 Å². The molecule has 1 aliphatic rings. The molecule has 108 valence electrons. The predicted molar refractivity (Wildman–Crippen MR) is 74.8 cm³/mol. The minimum Gasteiger partial charge on any atom is -0.336 e. The second-order valence-corrected chi connectivity index (χ2v) is 5.62. The zero-order chi connectivity index (χ0) is 14.9. The minimum absolute atomic E-state index is 0.00595. The smallest absolute Gasteiger partial charge is 0.288 e. The van der Waals surface area contributed by atoms with Crippen LogP contribution in [0.15, 0.2) is 12.3 Å². The number of hydrogen-bond acceptors (Lipinski definition) is 4. The van der Waals surface area contributed by atoms with Crippen LogP contribution >= 0.6 is 11.6 Å². The fraction of sp³-hybridized carbons (Fsp3) is 0.538. The molecule has 2 atom stereocenters. The molecule has 2 rings (SSSR count). The molecule has 0 aliphatic carbocycles. The van der Waals surface area contributed by atoms with Crippen LogP contribution in [0.5, 0.6) is 0 Å². The van der Waals surface area contributed by atoms with E-state index in [2.05, 4.69) is 11.9 Å². The number of nitrogens with zero attached hydrogens (tertiary/aromatic N) is 3. The molecule has 2 unspecified atom stereocenters. The molecule has 0 radical (unpaired) electrons. The molecule has 6 nitrogen and oxygen atoms in total. The van der Waals surface area contributed by atoms with Crippen LogP contribution in [0.25, 0.3) is 0 Å². The zero-order valence-electron chi connectivity index (χ0n) is 11.4. The summed E-state index contributed by atoms with van der Waals surface area (Å²) in [5, 5.41) is 10.8. The average molecular weight is 298 g/mol. The number of pyridine rings is 1. The zero-order valence-corrected chi connectivity index (χ0v) is 12.1. The number of carbonyl (C=O) groups excluding carboxylic acids is 1. The molecule has 20 heavy (non-hydrogen) atoms. The summed E-state index contributed by atoms with van der Waals surface area (Å²) in [7, 11) is 0. The van der Waals surface area contributed by atoms with Gasteiger partial charge in [0.05, 0.1) is 10.5 Å². The molecule has 0 aromatic carbocycles. The van der Waals surface area contributed by atoms with Gasteiger partial charge < -0.3 is 4.90 Å². The molecule has 0 saturated carbocycles. The van der Waals surface area contributed by atoms with Gasteiger partial charge in [-0.25, -0.2) is 4.98 Å². The van der Waals surface area contributed by atoms with Crippen molar-refractivity contribution < 1.29 is 9.72 Å². The molecule has 2 heterocycles. The van der Waals surface area contributed by atoms with E-state index in [0.29, 0.717) is 12.5 Å². The summed E-state index contributed by atoms with van der Waals surface area (Å²) in [6.45, 7) is 4.77. The Morgan fingerprint density at radius 1 is 1.55 bits per heavy atom. The van der Waals surface area contributed by atoms with E-state index in [9.17, 15) is 14.9 Å². The van der Waals surface area contributed by atoms with Crippen LogP contribution in [-0.4, -0.2) is 33.3 Å². The first-order valence-electron chi connectivity index (χ1n) is 6.51. The summed E-state index contributed by atoms with van der Waals surface area (Å²) in [6.07, 6.45) is 2.91. The maximum atomic E-state index is 12.5. The number of likely N-dealkylation sites (tertiary alicyclic amines) is 1. The highest BCUT2D eigenvalue weighted by Crippen LogP contribution is 2.26. The van der Waals surface area contributed by atoms with Crippen molar-refractivity contribution in [2.24, 2.45) is 5.92 Å². The second-order valence-electron chi connectivity index (χ2n) is 5.27. The van der Waals surface area contributed by atoms with E-state index in [1.807, 2.05) is 6.92 Å². The Morgan fingerprint density at radius 2 is 2.25 bits per heavy atom. The van der Waals surface area contributed by atoms with Crippen LogP contribution in [0.1, 0.15) is 37.0 Å². The maximum absolute atomic E-state index is 12.5. The van der Waals surface area contributed by atoms with E-state index in [0.717, 1.165) is 19.0 Å². The number of carbonyl (C=O) groups is 1. The number of aromatic nitrogens is 1. The highest BCUT2D eigenvalue weighted by Gasteiger charge is 2.29. The third kappa shape index (κ3) is 2.90. The van der Waals surface area contributed by atoms with E-state index in [1.165, 1.54) is 6.07 Å². The Kier molecular flexibility index (Phi) is 4.23. The first kappa shape index (κ1) is 14.7. The first-order valence-corrected chi connectivity index (χ1v) is 6.89. The fourth-order valence-corrected chi connectivity index (χ4v) is 2.73. The lowest BCUT2D eigenvalue weighted by Crippen LogP contribution is -2.44. The Morgan fingerprint density at radius 3 is 2.85 bits per heavy atom. The number of halogens is 1. The number of rotatable bonds is 2. The maximum Gasteiger partial charge on any atom is 0.288 e. The van der Waals surface area contributed by atoms with Gasteiger partial charge in [-0.1, -0.05) is 18.5 Å². The van der Waals surface area contributed by atoms with Crippen molar-refractivity contribution in [1.82, 2.24) is 9.88 Å². The molecule has 0 bridgehead atoms.